The number of amides is 1. The van der Waals surface area contributed by atoms with Gasteiger partial charge in [0.2, 0.25) is 5.91 Å². The van der Waals surface area contributed by atoms with Crippen molar-refractivity contribution < 1.29 is 9.53 Å². The van der Waals surface area contributed by atoms with Gasteiger partial charge in [0.15, 0.2) is 12.0 Å². The molecule has 0 radical (unpaired) electrons. The van der Waals surface area contributed by atoms with E-state index in [1.54, 1.807) is 4.90 Å². The summed E-state index contributed by atoms with van der Waals surface area (Å²) in [6, 6.07) is 12.1. The second-order valence-corrected chi connectivity index (χ2v) is 5.16. The predicted octanol–water partition coefficient (Wildman–Crippen LogP) is 2.55. The first kappa shape index (κ1) is 12.7. The Morgan fingerprint density at radius 2 is 2.10 bits per heavy atom. The van der Waals surface area contributed by atoms with Gasteiger partial charge in [-0.15, -0.1) is 0 Å². The largest absolute Gasteiger partial charge is 0.460 e. The third-order valence-corrected chi connectivity index (χ3v) is 3.87. The molecule has 0 aliphatic carbocycles. The van der Waals surface area contributed by atoms with Gasteiger partial charge in [0.1, 0.15) is 6.07 Å². The molecule has 2 aliphatic rings. The highest BCUT2D eigenvalue weighted by molar-refractivity contribution is 5.78. The standard InChI is InChI=1S/C16H16N2O2/c17-11-14-9-13(12-5-2-1-3-6-12)10-16(20-14)18-8-4-7-15(18)19/h1-3,5-6,9,13,16H,4,7-8,10H2/t13-,16+/m0/s1. The van der Waals surface area contributed by atoms with Crippen LogP contribution in [-0.2, 0) is 9.53 Å². The minimum absolute atomic E-state index is 0.123. The maximum atomic E-state index is 11.9. The Hall–Kier alpha value is -2.28. The van der Waals surface area contributed by atoms with Crippen molar-refractivity contribution in [1.82, 2.24) is 4.90 Å². The first-order valence-corrected chi connectivity index (χ1v) is 6.91. The number of benzene rings is 1. The van der Waals surface area contributed by atoms with Crippen LogP contribution in [0, 0.1) is 11.3 Å². The number of nitriles is 1. The van der Waals surface area contributed by atoms with E-state index in [1.807, 2.05) is 36.4 Å². The molecular formula is C16H16N2O2. The molecule has 0 spiro atoms. The van der Waals surface area contributed by atoms with Gasteiger partial charge in [-0.3, -0.25) is 4.79 Å². The fourth-order valence-corrected chi connectivity index (χ4v) is 2.86. The molecule has 2 aliphatic heterocycles. The number of allylic oxidation sites excluding steroid dienone is 2. The van der Waals surface area contributed by atoms with Gasteiger partial charge in [-0.05, 0) is 18.1 Å². The second kappa shape index (κ2) is 5.38. The van der Waals surface area contributed by atoms with E-state index in [0.29, 0.717) is 18.6 Å². The minimum Gasteiger partial charge on any atom is -0.460 e. The molecule has 0 unspecified atom stereocenters. The van der Waals surface area contributed by atoms with E-state index >= 15 is 0 Å². The maximum Gasteiger partial charge on any atom is 0.225 e. The van der Waals surface area contributed by atoms with Crippen molar-refractivity contribution in [3.8, 4) is 6.07 Å². The van der Waals surface area contributed by atoms with Crippen LogP contribution in [0.1, 0.15) is 30.7 Å². The topological polar surface area (TPSA) is 53.3 Å². The minimum atomic E-state index is -0.310. The monoisotopic (exact) mass is 268 g/mol. The summed E-state index contributed by atoms with van der Waals surface area (Å²) in [5.41, 5.74) is 1.15. The summed E-state index contributed by atoms with van der Waals surface area (Å²) >= 11 is 0. The van der Waals surface area contributed by atoms with Crippen LogP contribution in [0.5, 0.6) is 0 Å². The highest BCUT2D eigenvalue weighted by Gasteiger charge is 2.34. The van der Waals surface area contributed by atoms with Crippen LogP contribution in [0.25, 0.3) is 0 Å². The zero-order valence-corrected chi connectivity index (χ0v) is 11.2. The van der Waals surface area contributed by atoms with Gasteiger partial charge in [0.05, 0.1) is 0 Å². The van der Waals surface area contributed by atoms with Crippen molar-refractivity contribution in [3.63, 3.8) is 0 Å². The molecule has 2 atom stereocenters. The molecule has 1 aromatic rings. The van der Waals surface area contributed by atoms with E-state index in [0.717, 1.165) is 18.5 Å². The lowest BCUT2D eigenvalue weighted by molar-refractivity contribution is -0.138. The molecule has 0 aromatic heterocycles. The van der Waals surface area contributed by atoms with Crippen molar-refractivity contribution in [2.75, 3.05) is 6.54 Å². The number of carbonyl (C=O) groups is 1. The first-order valence-electron chi connectivity index (χ1n) is 6.91. The van der Waals surface area contributed by atoms with Gasteiger partial charge in [-0.2, -0.15) is 5.26 Å². The molecule has 1 saturated heterocycles. The van der Waals surface area contributed by atoms with E-state index in [9.17, 15) is 4.79 Å². The van der Waals surface area contributed by atoms with Gasteiger partial charge in [0, 0.05) is 25.3 Å². The van der Waals surface area contributed by atoms with Gasteiger partial charge in [0.25, 0.3) is 0 Å². The van der Waals surface area contributed by atoms with Crippen LogP contribution >= 0.6 is 0 Å². The van der Waals surface area contributed by atoms with E-state index < -0.39 is 0 Å². The molecule has 1 fully saturated rings. The van der Waals surface area contributed by atoms with Crippen LogP contribution in [0.15, 0.2) is 42.2 Å². The molecule has 3 rings (SSSR count). The van der Waals surface area contributed by atoms with E-state index in [4.69, 9.17) is 10.00 Å². The predicted molar refractivity (Wildman–Crippen MR) is 73.3 cm³/mol. The number of hydrogen-bond acceptors (Lipinski definition) is 3. The summed E-state index contributed by atoms with van der Waals surface area (Å²) < 4.78 is 5.65. The summed E-state index contributed by atoms with van der Waals surface area (Å²) in [6.07, 6.45) is 3.71. The zero-order valence-electron chi connectivity index (χ0n) is 11.2. The quantitative estimate of drug-likeness (QED) is 0.828. The summed E-state index contributed by atoms with van der Waals surface area (Å²) in [5, 5.41) is 9.14. The number of carbonyl (C=O) groups excluding carboxylic acids is 1. The number of nitrogens with zero attached hydrogens (tertiary/aromatic N) is 2. The van der Waals surface area contributed by atoms with Crippen LogP contribution in [-0.4, -0.2) is 23.6 Å². The van der Waals surface area contributed by atoms with Crippen LogP contribution in [0.2, 0.25) is 0 Å². The lowest BCUT2D eigenvalue weighted by Crippen LogP contribution is -2.40. The van der Waals surface area contributed by atoms with E-state index in [-0.39, 0.29) is 18.1 Å². The zero-order chi connectivity index (χ0) is 13.9. The number of rotatable bonds is 2. The smallest absolute Gasteiger partial charge is 0.225 e. The molecule has 102 valence electrons. The molecule has 20 heavy (non-hydrogen) atoms. The second-order valence-electron chi connectivity index (χ2n) is 5.16. The van der Waals surface area contributed by atoms with Crippen molar-refractivity contribution >= 4 is 5.91 Å². The lowest BCUT2D eigenvalue weighted by atomic mass is 9.92. The Balaban J connectivity index is 1.85. The summed E-state index contributed by atoms with van der Waals surface area (Å²) in [5.74, 6) is 0.564. The fraction of sp³-hybridized carbons (Fsp3) is 0.375. The summed E-state index contributed by atoms with van der Waals surface area (Å²) in [4.78, 5) is 13.6. The van der Waals surface area contributed by atoms with Crippen molar-refractivity contribution in [1.29, 1.82) is 5.26 Å². The van der Waals surface area contributed by atoms with Crippen molar-refractivity contribution in [2.24, 2.45) is 0 Å². The van der Waals surface area contributed by atoms with Crippen molar-refractivity contribution in [2.45, 2.75) is 31.4 Å². The Morgan fingerprint density at radius 3 is 2.75 bits per heavy atom. The normalized spacial score (nSPS) is 25.9. The van der Waals surface area contributed by atoms with Crippen molar-refractivity contribution in [3.05, 3.63) is 47.7 Å². The van der Waals surface area contributed by atoms with Crippen LogP contribution < -0.4 is 0 Å². The molecule has 0 bridgehead atoms. The number of likely N-dealkylation sites (tertiary alicyclic amines) is 1. The number of ether oxygens (including phenoxy) is 1. The molecule has 4 nitrogen and oxygen atoms in total. The first-order chi connectivity index (χ1) is 9.78. The molecule has 1 aromatic carbocycles. The van der Waals surface area contributed by atoms with Gasteiger partial charge < -0.3 is 9.64 Å². The molecule has 4 heteroatoms. The highest BCUT2D eigenvalue weighted by atomic mass is 16.5. The number of hydrogen-bond donors (Lipinski definition) is 0. The average molecular weight is 268 g/mol. The van der Waals surface area contributed by atoms with Gasteiger partial charge in [-0.25, -0.2) is 0 Å². The Bertz CT molecular complexity index is 574. The Labute approximate surface area is 118 Å². The fourth-order valence-electron chi connectivity index (χ4n) is 2.86. The van der Waals surface area contributed by atoms with Gasteiger partial charge >= 0.3 is 0 Å². The molecule has 0 saturated carbocycles. The Kier molecular flexibility index (Phi) is 3.42. The van der Waals surface area contributed by atoms with Crippen LogP contribution in [0.4, 0.5) is 0 Å². The highest BCUT2D eigenvalue weighted by Crippen LogP contribution is 2.33. The molecule has 2 heterocycles. The van der Waals surface area contributed by atoms with E-state index in [1.165, 1.54) is 0 Å². The van der Waals surface area contributed by atoms with Crippen LogP contribution in [0.3, 0.4) is 0 Å². The third kappa shape index (κ3) is 2.39. The van der Waals surface area contributed by atoms with E-state index in [2.05, 4.69) is 6.07 Å². The van der Waals surface area contributed by atoms with Gasteiger partial charge in [-0.1, -0.05) is 30.3 Å². The summed E-state index contributed by atoms with van der Waals surface area (Å²) in [7, 11) is 0. The maximum absolute atomic E-state index is 11.9. The summed E-state index contributed by atoms with van der Waals surface area (Å²) in [6.45, 7) is 0.726. The SMILES string of the molecule is N#CC1=C[C@H](c2ccccc2)C[C@H](N2CCCC2=O)O1. The molecular weight excluding hydrogens is 252 g/mol. The Morgan fingerprint density at radius 1 is 1.30 bits per heavy atom. The molecule has 0 N–H and O–H groups in total. The average Bonchev–Trinajstić information content (AvgIpc) is 2.94. The lowest BCUT2D eigenvalue weighted by Gasteiger charge is -2.33. The molecule has 1 amide bonds. The third-order valence-electron chi connectivity index (χ3n) is 3.87.